The predicted molar refractivity (Wildman–Crippen MR) is 126 cm³/mol. The number of benzene rings is 1. The highest BCUT2D eigenvalue weighted by Gasteiger charge is 2.33. The molecule has 0 bridgehead atoms. The van der Waals surface area contributed by atoms with Crippen LogP contribution >= 0.6 is 11.8 Å². The van der Waals surface area contributed by atoms with Crippen LogP contribution in [0, 0.1) is 0 Å². The van der Waals surface area contributed by atoms with E-state index in [9.17, 15) is 23.1 Å². The Labute approximate surface area is 197 Å². The molecule has 0 amide bonds. The molecule has 0 atom stereocenters. The molecule has 2 aromatic rings. The van der Waals surface area contributed by atoms with Crippen molar-refractivity contribution in [2.24, 2.45) is 7.05 Å². The third-order valence-corrected chi connectivity index (χ3v) is 6.35. The molecule has 2 rings (SSSR count). The molecule has 0 saturated heterocycles. The van der Waals surface area contributed by atoms with E-state index in [1.807, 2.05) is 0 Å². The molecule has 9 heteroatoms. The number of rotatable bonds is 14. The molecule has 33 heavy (non-hydrogen) atoms. The highest BCUT2D eigenvalue weighted by molar-refractivity contribution is 7.99. The number of para-hydroxylation sites is 1. The second kappa shape index (κ2) is 13.5. The van der Waals surface area contributed by atoms with E-state index in [1.165, 1.54) is 82.0 Å². The minimum Gasteiger partial charge on any atom is -0.504 e. The third kappa shape index (κ3) is 8.95. The van der Waals surface area contributed by atoms with Gasteiger partial charge in [-0.05, 0) is 18.2 Å². The smallest absolute Gasteiger partial charge is 0.504 e. The zero-order valence-electron chi connectivity index (χ0n) is 19.3. The van der Waals surface area contributed by atoms with E-state index in [4.69, 9.17) is 0 Å². The summed E-state index contributed by atoms with van der Waals surface area (Å²) in [4.78, 5) is 12.6. The molecule has 0 unspecified atom stereocenters. The molecular weight excluding hydrogens is 453 g/mol. The van der Waals surface area contributed by atoms with Crippen LogP contribution in [0.1, 0.15) is 71.1 Å². The summed E-state index contributed by atoms with van der Waals surface area (Å²) in [6.45, 7) is 2.21. The number of aromatic nitrogens is 2. The van der Waals surface area contributed by atoms with Crippen molar-refractivity contribution in [1.29, 1.82) is 0 Å². The molecule has 0 aliphatic carbocycles. The second-order valence-electron chi connectivity index (χ2n) is 8.03. The summed E-state index contributed by atoms with van der Waals surface area (Å²) in [5.41, 5.74) is -1.08. The van der Waals surface area contributed by atoms with Crippen LogP contribution in [0.25, 0.3) is 11.1 Å². The van der Waals surface area contributed by atoms with Crippen molar-refractivity contribution in [2.75, 3.05) is 5.75 Å². The van der Waals surface area contributed by atoms with E-state index < -0.39 is 23.4 Å². The molecule has 5 nitrogen and oxygen atoms in total. The van der Waals surface area contributed by atoms with E-state index in [-0.39, 0.29) is 16.2 Å². The molecule has 1 aromatic heterocycles. The van der Waals surface area contributed by atoms with Gasteiger partial charge in [-0.3, -0.25) is 4.79 Å². The van der Waals surface area contributed by atoms with Crippen LogP contribution in [-0.2, 0) is 7.05 Å². The van der Waals surface area contributed by atoms with E-state index in [2.05, 4.69) is 16.8 Å². The Bertz CT molecular complexity index is 932. The van der Waals surface area contributed by atoms with Crippen LogP contribution < -0.4 is 10.3 Å². The van der Waals surface area contributed by atoms with Crippen molar-refractivity contribution >= 4 is 11.8 Å². The summed E-state index contributed by atoms with van der Waals surface area (Å²) >= 11 is 1.29. The maximum Gasteiger partial charge on any atom is 0.573 e. The van der Waals surface area contributed by atoms with Gasteiger partial charge in [-0.25, -0.2) is 4.68 Å². The summed E-state index contributed by atoms with van der Waals surface area (Å²) in [5.74, 6) is -0.280. The number of aryl methyl sites for hydroxylation is 1. The number of nitrogens with zero attached hydrogens (tertiary/aromatic N) is 2. The molecule has 1 N–H and O–H groups in total. The van der Waals surface area contributed by atoms with Gasteiger partial charge in [0, 0.05) is 12.6 Å². The molecular formula is C24H33F3N2O3S. The van der Waals surface area contributed by atoms with Crippen molar-refractivity contribution in [2.45, 2.75) is 82.5 Å². The molecule has 1 aromatic carbocycles. The molecule has 0 aliphatic heterocycles. The zero-order valence-corrected chi connectivity index (χ0v) is 20.1. The van der Waals surface area contributed by atoms with E-state index in [1.54, 1.807) is 0 Å². The number of halogens is 3. The van der Waals surface area contributed by atoms with Crippen molar-refractivity contribution < 1.29 is 23.0 Å². The largest absolute Gasteiger partial charge is 0.573 e. The summed E-state index contributed by atoms with van der Waals surface area (Å²) in [6.07, 6.45) is 7.15. The van der Waals surface area contributed by atoms with Gasteiger partial charge in [-0.15, -0.1) is 24.9 Å². The van der Waals surface area contributed by atoms with Gasteiger partial charge in [0.2, 0.25) is 0 Å². The molecule has 0 saturated carbocycles. The number of hydrogen-bond donors (Lipinski definition) is 1. The first-order valence-corrected chi connectivity index (χ1v) is 12.5. The Hall–Kier alpha value is -2.16. The van der Waals surface area contributed by atoms with Crippen molar-refractivity contribution in [1.82, 2.24) is 9.78 Å². The number of unbranched alkanes of at least 4 members (excludes halogenated alkanes) is 9. The standard InChI is InChI=1S/C24H33F3N2O3S/c1-3-4-5-6-7-8-9-10-11-14-17-33-22-21(30)20(23(31)29(2)28-22)18-15-12-13-16-19(18)32-24(25,26)27/h12-13,15-16,30H,3-11,14,17H2,1-2H3. The van der Waals surface area contributed by atoms with Crippen LogP contribution in [0.5, 0.6) is 11.5 Å². The van der Waals surface area contributed by atoms with Gasteiger partial charge in [0.15, 0.2) is 10.8 Å². The highest BCUT2D eigenvalue weighted by atomic mass is 32.2. The first-order valence-electron chi connectivity index (χ1n) is 11.5. The number of hydrogen-bond acceptors (Lipinski definition) is 5. The lowest BCUT2D eigenvalue weighted by Gasteiger charge is -2.15. The molecule has 0 radical (unpaired) electrons. The monoisotopic (exact) mass is 486 g/mol. The lowest BCUT2D eigenvalue weighted by atomic mass is 10.1. The first-order chi connectivity index (χ1) is 15.7. The Morgan fingerprint density at radius 3 is 2.18 bits per heavy atom. The van der Waals surface area contributed by atoms with Crippen LogP contribution in [0.2, 0.25) is 0 Å². The predicted octanol–water partition coefficient (Wildman–Crippen LogP) is 7.06. The van der Waals surface area contributed by atoms with Gasteiger partial charge in [0.05, 0.1) is 5.56 Å². The number of aromatic hydroxyl groups is 1. The lowest BCUT2D eigenvalue weighted by molar-refractivity contribution is -0.274. The second-order valence-corrected chi connectivity index (χ2v) is 9.12. The normalized spacial score (nSPS) is 11.7. The van der Waals surface area contributed by atoms with Gasteiger partial charge in [0.25, 0.3) is 5.56 Å². The van der Waals surface area contributed by atoms with Gasteiger partial charge < -0.3 is 9.84 Å². The van der Waals surface area contributed by atoms with Gasteiger partial charge in [-0.2, -0.15) is 5.10 Å². The third-order valence-electron chi connectivity index (χ3n) is 5.31. The number of ether oxygens (including phenoxy) is 1. The summed E-state index contributed by atoms with van der Waals surface area (Å²) < 4.78 is 43.5. The fraction of sp³-hybridized carbons (Fsp3) is 0.583. The van der Waals surface area contributed by atoms with Crippen LogP contribution in [0.15, 0.2) is 34.1 Å². The molecule has 0 aliphatic rings. The Morgan fingerprint density at radius 1 is 1.00 bits per heavy atom. The first kappa shape index (κ1) is 27.1. The van der Waals surface area contributed by atoms with Crippen molar-refractivity contribution in [3.63, 3.8) is 0 Å². The average molecular weight is 487 g/mol. The van der Waals surface area contributed by atoms with E-state index in [0.29, 0.717) is 5.75 Å². The van der Waals surface area contributed by atoms with Crippen molar-refractivity contribution in [3.8, 4) is 22.6 Å². The van der Waals surface area contributed by atoms with Crippen LogP contribution in [-0.4, -0.2) is 27.0 Å². The van der Waals surface area contributed by atoms with Crippen molar-refractivity contribution in [3.05, 3.63) is 34.6 Å². The maximum absolute atomic E-state index is 12.8. The average Bonchev–Trinajstić information content (AvgIpc) is 2.75. The Morgan fingerprint density at radius 2 is 1.58 bits per heavy atom. The van der Waals surface area contributed by atoms with Gasteiger partial charge in [-0.1, -0.05) is 82.9 Å². The number of thioether (sulfide) groups is 1. The maximum atomic E-state index is 12.8. The van der Waals surface area contributed by atoms with Gasteiger partial charge in [0.1, 0.15) is 5.75 Å². The molecule has 0 fully saturated rings. The SMILES string of the molecule is CCCCCCCCCCCCSc1nn(C)c(=O)c(-c2ccccc2OC(F)(F)F)c1O. The Kier molecular flexibility index (Phi) is 11.1. The minimum atomic E-state index is -4.92. The van der Waals surface area contributed by atoms with Crippen LogP contribution in [0.3, 0.4) is 0 Å². The summed E-state index contributed by atoms with van der Waals surface area (Å²) in [7, 11) is 1.41. The molecule has 1 heterocycles. The molecule has 0 spiro atoms. The molecule has 184 valence electrons. The quantitative estimate of drug-likeness (QED) is 0.229. The summed E-state index contributed by atoms with van der Waals surface area (Å²) in [5, 5.41) is 15.0. The Balaban J connectivity index is 1.97. The van der Waals surface area contributed by atoms with Gasteiger partial charge >= 0.3 is 6.36 Å². The topological polar surface area (TPSA) is 64.4 Å². The summed E-state index contributed by atoms with van der Waals surface area (Å²) in [6, 6.07) is 5.27. The fourth-order valence-electron chi connectivity index (χ4n) is 3.58. The fourth-order valence-corrected chi connectivity index (χ4v) is 4.55. The van der Waals surface area contributed by atoms with Crippen LogP contribution in [0.4, 0.5) is 13.2 Å². The van der Waals surface area contributed by atoms with E-state index in [0.717, 1.165) is 30.0 Å². The van der Waals surface area contributed by atoms with E-state index >= 15 is 0 Å². The minimum absolute atomic E-state index is 0.129. The highest BCUT2D eigenvalue weighted by Crippen LogP contribution is 2.39. The zero-order chi connectivity index (χ0) is 24.3. The lowest BCUT2D eigenvalue weighted by Crippen LogP contribution is -2.23. The number of alkyl halides is 3.